The summed E-state index contributed by atoms with van der Waals surface area (Å²) in [5, 5.41) is 9.44. The maximum absolute atomic E-state index is 11.5. The van der Waals surface area contributed by atoms with E-state index >= 15 is 0 Å². The third-order valence-corrected chi connectivity index (χ3v) is 4.91. The van der Waals surface area contributed by atoms with Gasteiger partial charge in [0.25, 0.3) is 0 Å². The summed E-state index contributed by atoms with van der Waals surface area (Å²) >= 11 is 1.67. The molecule has 0 unspecified atom stereocenters. The van der Waals surface area contributed by atoms with E-state index in [0.717, 1.165) is 28.2 Å². The second-order valence-corrected chi connectivity index (χ2v) is 6.86. The number of rotatable bonds is 8. The van der Waals surface area contributed by atoms with Gasteiger partial charge in [0.05, 0.1) is 12.2 Å². The van der Waals surface area contributed by atoms with Crippen molar-refractivity contribution in [2.45, 2.75) is 5.75 Å². The lowest BCUT2D eigenvalue weighted by Gasteiger charge is -2.10. The minimum atomic E-state index is -0.888. The highest BCUT2D eigenvalue weighted by Gasteiger charge is 2.11. The first kappa shape index (κ1) is 18.1. The molecule has 0 spiro atoms. The Hall–Kier alpha value is -2.72. The van der Waals surface area contributed by atoms with E-state index in [4.69, 9.17) is 4.74 Å². The molecule has 0 saturated carbocycles. The number of hydrogen-bond donors (Lipinski definition) is 1. The summed E-state index contributed by atoms with van der Waals surface area (Å²) in [7, 11) is 0. The average Bonchev–Trinajstić information content (AvgIpc) is 2.69. The Bertz CT molecular complexity index is 848. The van der Waals surface area contributed by atoms with Gasteiger partial charge in [-0.1, -0.05) is 54.6 Å². The molecule has 0 fully saturated rings. The van der Waals surface area contributed by atoms with Crippen molar-refractivity contribution >= 4 is 17.7 Å². The van der Waals surface area contributed by atoms with Crippen molar-refractivity contribution in [3.8, 4) is 16.9 Å². The van der Waals surface area contributed by atoms with Gasteiger partial charge >= 0.3 is 5.97 Å². The Morgan fingerprint density at radius 2 is 1.58 bits per heavy atom. The first-order chi connectivity index (χ1) is 12.7. The van der Waals surface area contributed by atoms with Gasteiger partial charge in [-0.2, -0.15) is 11.8 Å². The summed E-state index contributed by atoms with van der Waals surface area (Å²) in [5.41, 5.74) is 3.32. The standard InChI is InChI=1S/C22H20O3S/c23-22(24)21-12-11-18(17-7-3-1-4-8-17)15-19(21)16-26-14-13-25-20-9-5-2-6-10-20/h1-12,15H,13-14,16H2,(H,23,24). The van der Waals surface area contributed by atoms with Crippen LogP contribution < -0.4 is 4.74 Å². The van der Waals surface area contributed by atoms with E-state index in [0.29, 0.717) is 17.9 Å². The van der Waals surface area contributed by atoms with Gasteiger partial charge in [-0.15, -0.1) is 0 Å². The predicted octanol–water partition coefficient (Wildman–Crippen LogP) is 5.36. The van der Waals surface area contributed by atoms with Crippen LogP contribution >= 0.6 is 11.8 Å². The number of aromatic carboxylic acids is 1. The van der Waals surface area contributed by atoms with E-state index in [9.17, 15) is 9.90 Å². The van der Waals surface area contributed by atoms with E-state index < -0.39 is 5.97 Å². The fraction of sp³-hybridized carbons (Fsp3) is 0.136. The molecule has 0 heterocycles. The van der Waals surface area contributed by atoms with Crippen LogP contribution in [0.25, 0.3) is 11.1 Å². The van der Waals surface area contributed by atoms with E-state index in [2.05, 4.69) is 0 Å². The molecule has 3 aromatic carbocycles. The van der Waals surface area contributed by atoms with Crippen molar-refractivity contribution in [2.75, 3.05) is 12.4 Å². The third-order valence-electron chi connectivity index (χ3n) is 3.94. The lowest BCUT2D eigenvalue weighted by molar-refractivity contribution is 0.0696. The molecule has 0 amide bonds. The van der Waals surface area contributed by atoms with Gasteiger partial charge in [-0.05, 0) is 41.0 Å². The van der Waals surface area contributed by atoms with Crippen LogP contribution in [0, 0.1) is 0 Å². The van der Waals surface area contributed by atoms with Crippen LogP contribution in [0.1, 0.15) is 15.9 Å². The van der Waals surface area contributed by atoms with Gasteiger partial charge in [0.2, 0.25) is 0 Å². The average molecular weight is 364 g/mol. The SMILES string of the molecule is O=C(O)c1ccc(-c2ccccc2)cc1CSCCOc1ccccc1. The quantitative estimate of drug-likeness (QED) is 0.546. The monoisotopic (exact) mass is 364 g/mol. The van der Waals surface area contributed by atoms with Gasteiger partial charge < -0.3 is 9.84 Å². The second-order valence-electron chi connectivity index (χ2n) is 5.76. The zero-order valence-corrected chi connectivity index (χ0v) is 15.1. The topological polar surface area (TPSA) is 46.5 Å². The lowest BCUT2D eigenvalue weighted by Crippen LogP contribution is -2.04. The zero-order valence-electron chi connectivity index (χ0n) is 14.3. The second kappa shape index (κ2) is 9.11. The number of carboxylic acid groups (broad SMARTS) is 1. The zero-order chi connectivity index (χ0) is 18.2. The molecule has 0 aliphatic heterocycles. The Balaban J connectivity index is 1.62. The van der Waals surface area contributed by atoms with Crippen LogP contribution in [0.2, 0.25) is 0 Å². The van der Waals surface area contributed by atoms with Crippen molar-refractivity contribution in [1.82, 2.24) is 0 Å². The maximum atomic E-state index is 11.5. The number of para-hydroxylation sites is 1. The largest absolute Gasteiger partial charge is 0.493 e. The molecular formula is C22H20O3S. The number of thioether (sulfide) groups is 1. The molecule has 0 aliphatic rings. The molecule has 0 bridgehead atoms. The van der Waals surface area contributed by atoms with Crippen LogP contribution in [0.3, 0.4) is 0 Å². The fourth-order valence-electron chi connectivity index (χ4n) is 2.65. The van der Waals surface area contributed by atoms with Gasteiger partial charge in [-0.25, -0.2) is 4.79 Å². The van der Waals surface area contributed by atoms with Crippen LogP contribution in [-0.4, -0.2) is 23.4 Å². The lowest BCUT2D eigenvalue weighted by atomic mass is 10.00. The molecule has 132 valence electrons. The van der Waals surface area contributed by atoms with Crippen molar-refractivity contribution in [2.24, 2.45) is 0 Å². The minimum Gasteiger partial charge on any atom is -0.493 e. The van der Waals surface area contributed by atoms with Crippen molar-refractivity contribution in [3.05, 3.63) is 90.0 Å². The maximum Gasteiger partial charge on any atom is 0.335 e. The number of benzene rings is 3. The van der Waals surface area contributed by atoms with Crippen molar-refractivity contribution in [3.63, 3.8) is 0 Å². The molecule has 1 N–H and O–H groups in total. The Labute approximate surface area is 157 Å². The minimum absolute atomic E-state index is 0.362. The molecular weight excluding hydrogens is 344 g/mol. The van der Waals surface area contributed by atoms with Gasteiger partial charge in [0.15, 0.2) is 0 Å². The highest BCUT2D eigenvalue weighted by molar-refractivity contribution is 7.98. The summed E-state index contributed by atoms with van der Waals surface area (Å²) in [6.07, 6.45) is 0. The number of ether oxygens (including phenoxy) is 1. The first-order valence-corrected chi connectivity index (χ1v) is 9.57. The predicted molar refractivity (Wildman–Crippen MR) is 107 cm³/mol. The third kappa shape index (κ3) is 4.90. The molecule has 26 heavy (non-hydrogen) atoms. The molecule has 0 aromatic heterocycles. The van der Waals surface area contributed by atoms with Crippen LogP contribution in [0.5, 0.6) is 5.75 Å². The normalized spacial score (nSPS) is 10.5. The summed E-state index contributed by atoms with van der Waals surface area (Å²) in [5.74, 6) is 1.40. The van der Waals surface area contributed by atoms with E-state index in [1.807, 2.05) is 72.8 Å². The highest BCUT2D eigenvalue weighted by Crippen LogP contribution is 2.25. The van der Waals surface area contributed by atoms with Gasteiger partial charge in [0, 0.05) is 11.5 Å². The molecule has 0 radical (unpaired) electrons. The summed E-state index contributed by atoms with van der Waals surface area (Å²) in [4.78, 5) is 11.5. The molecule has 0 atom stereocenters. The van der Waals surface area contributed by atoms with Gasteiger partial charge in [0.1, 0.15) is 5.75 Å². The molecule has 3 aromatic rings. The fourth-order valence-corrected chi connectivity index (χ4v) is 3.45. The molecule has 4 heteroatoms. The van der Waals surface area contributed by atoms with Crippen LogP contribution in [0.4, 0.5) is 0 Å². The number of hydrogen-bond acceptors (Lipinski definition) is 3. The van der Waals surface area contributed by atoms with Crippen molar-refractivity contribution in [1.29, 1.82) is 0 Å². The van der Waals surface area contributed by atoms with E-state index in [-0.39, 0.29) is 0 Å². The Morgan fingerprint density at radius 3 is 2.27 bits per heavy atom. The molecule has 0 aliphatic carbocycles. The highest BCUT2D eigenvalue weighted by atomic mass is 32.2. The Morgan fingerprint density at radius 1 is 0.885 bits per heavy atom. The van der Waals surface area contributed by atoms with Gasteiger partial charge in [-0.3, -0.25) is 0 Å². The van der Waals surface area contributed by atoms with E-state index in [1.165, 1.54) is 0 Å². The molecule has 3 rings (SSSR count). The van der Waals surface area contributed by atoms with Crippen molar-refractivity contribution < 1.29 is 14.6 Å². The number of carboxylic acids is 1. The Kier molecular flexibility index (Phi) is 6.34. The number of carbonyl (C=O) groups is 1. The van der Waals surface area contributed by atoms with E-state index in [1.54, 1.807) is 17.8 Å². The van der Waals surface area contributed by atoms with Crippen LogP contribution in [-0.2, 0) is 5.75 Å². The molecule has 3 nitrogen and oxygen atoms in total. The molecule has 0 saturated heterocycles. The summed E-state index contributed by atoms with van der Waals surface area (Å²) in [6, 6.07) is 25.2. The summed E-state index contributed by atoms with van der Waals surface area (Å²) < 4.78 is 5.68. The van der Waals surface area contributed by atoms with Crippen LogP contribution in [0.15, 0.2) is 78.9 Å². The smallest absolute Gasteiger partial charge is 0.335 e. The summed E-state index contributed by atoms with van der Waals surface area (Å²) in [6.45, 7) is 0.593. The first-order valence-electron chi connectivity index (χ1n) is 8.41.